The summed E-state index contributed by atoms with van der Waals surface area (Å²) in [4.78, 5) is 9.33. The van der Waals surface area contributed by atoms with Crippen molar-refractivity contribution in [3.63, 3.8) is 0 Å². The standard InChI is InChI=1S/C20H33N3OS/c1-13(2)19-22-18-16(25-19)5-8-21-17(18)15-11-23(14(3)4)9-6-20(15)7-10-24-12-20/h13-15,17,21H,5-12H2,1-4H3. The number of aromatic nitrogens is 1. The normalized spacial score (nSPS) is 33.5. The molecule has 3 atom stereocenters. The second kappa shape index (κ2) is 6.91. The molecule has 0 aromatic carbocycles. The molecule has 3 aliphatic rings. The van der Waals surface area contributed by atoms with Gasteiger partial charge in [-0.05, 0) is 39.7 Å². The van der Waals surface area contributed by atoms with E-state index in [0.29, 0.717) is 29.3 Å². The van der Waals surface area contributed by atoms with Crippen molar-refractivity contribution in [2.45, 2.75) is 65.0 Å². The van der Waals surface area contributed by atoms with Crippen LogP contribution >= 0.6 is 11.3 Å². The van der Waals surface area contributed by atoms with Crippen LogP contribution in [0.3, 0.4) is 0 Å². The minimum atomic E-state index is 0.347. The molecule has 3 aliphatic heterocycles. The fraction of sp³-hybridized carbons (Fsp3) is 0.850. The zero-order valence-electron chi connectivity index (χ0n) is 16.2. The Morgan fingerprint density at radius 1 is 1.28 bits per heavy atom. The SMILES string of the molecule is CC(C)c1nc2c(s1)CCNC2C1CN(C(C)C)CCC12CCOC2. The lowest BCUT2D eigenvalue weighted by molar-refractivity contribution is -0.0113. The molecule has 0 radical (unpaired) electrons. The Hall–Kier alpha value is -0.490. The average Bonchev–Trinajstić information content (AvgIpc) is 3.22. The highest BCUT2D eigenvalue weighted by Gasteiger charge is 2.50. The zero-order valence-corrected chi connectivity index (χ0v) is 17.0. The fourth-order valence-corrected chi connectivity index (χ4v) is 6.07. The zero-order chi connectivity index (χ0) is 17.6. The predicted octanol–water partition coefficient (Wildman–Crippen LogP) is 3.59. The monoisotopic (exact) mass is 363 g/mol. The van der Waals surface area contributed by atoms with E-state index in [9.17, 15) is 0 Å². The van der Waals surface area contributed by atoms with E-state index in [0.717, 1.165) is 26.2 Å². The van der Waals surface area contributed by atoms with Gasteiger partial charge in [0.2, 0.25) is 0 Å². The molecule has 3 unspecified atom stereocenters. The first-order valence-electron chi connectivity index (χ1n) is 10.0. The first-order valence-corrected chi connectivity index (χ1v) is 10.9. The first kappa shape index (κ1) is 17.9. The molecule has 4 heterocycles. The van der Waals surface area contributed by atoms with Crippen LogP contribution in [-0.4, -0.2) is 48.8 Å². The van der Waals surface area contributed by atoms with Gasteiger partial charge in [0, 0.05) is 47.9 Å². The molecule has 1 spiro atoms. The van der Waals surface area contributed by atoms with Gasteiger partial charge in [0.1, 0.15) is 0 Å². The van der Waals surface area contributed by atoms with E-state index < -0.39 is 0 Å². The van der Waals surface area contributed by atoms with E-state index in [1.807, 2.05) is 11.3 Å². The summed E-state index contributed by atoms with van der Waals surface area (Å²) in [5.74, 6) is 1.13. The van der Waals surface area contributed by atoms with E-state index in [1.165, 1.54) is 41.5 Å². The second-order valence-corrected chi connectivity index (χ2v) is 9.92. The van der Waals surface area contributed by atoms with Crippen molar-refractivity contribution in [1.29, 1.82) is 0 Å². The molecule has 1 N–H and O–H groups in total. The molecule has 0 amide bonds. The lowest BCUT2D eigenvalue weighted by Crippen LogP contribution is -2.54. The second-order valence-electron chi connectivity index (χ2n) is 8.81. The molecule has 2 fully saturated rings. The van der Waals surface area contributed by atoms with Crippen LogP contribution in [0.15, 0.2) is 0 Å². The molecule has 4 rings (SSSR count). The third kappa shape index (κ3) is 3.18. The fourth-order valence-electron chi connectivity index (χ4n) is 4.95. The number of rotatable bonds is 3. The Morgan fingerprint density at radius 3 is 2.80 bits per heavy atom. The van der Waals surface area contributed by atoms with Gasteiger partial charge >= 0.3 is 0 Å². The molecular weight excluding hydrogens is 330 g/mol. The van der Waals surface area contributed by atoms with Crippen molar-refractivity contribution in [2.75, 3.05) is 32.8 Å². The summed E-state index contributed by atoms with van der Waals surface area (Å²) in [5.41, 5.74) is 1.71. The highest BCUT2D eigenvalue weighted by Crippen LogP contribution is 2.50. The Bertz CT molecular complexity index is 606. The maximum Gasteiger partial charge on any atom is 0.0957 e. The van der Waals surface area contributed by atoms with Gasteiger partial charge < -0.3 is 15.0 Å². The van der Waals surface area contributed by atoms with Crippen LogP contribution in [0.4, 0.5) is 0 Å². The largest absolute Gasteiger partial charge is 0.381 e. The summed E-state index contributed by atoms with van der Waals surface area (Å²) in [6, 6.07) is 1.02. The van der Waals surface area contributed by atoms with Gasteiger partial charge in [-0.25, -0.2) is 4.98 Å². The Kier molecular flexibility index (Phi) is 4.95. The van der Waals surface area contributed by atoms with Gasteiger partial charge in [0.15, 0.2) is 0 Å². The quantitative estimate of drug-likeness (QED) is 0.890. The van der Waals surface area contributed by atoms with Crippen molar-refractivity contribution < 1.29 is 4.74 Å². The van der Waals surface area contributed by atoms with E-state index in [2.05, 4.69) is 37.9 Å². The van der Waals surface area contributed by atoms with Crippen LogP contribution in [0, 0.1) is 11.3 Å². The number of ether oxygens (including phenoxy) is 1. The average molecular weight is 364 g/mol. The number of likely N-dealkylation sites (tertiary alicyclic amines) is 1. The highest BCUT2D eigenvalue weighted by molar-refractivity contribution is 7.11. The number of thiazole rings is 1. The topological polar surface area (TPSA) is 37.4 Å². The minimum absolute atomic E-state index is 0.347. The van der Waals surface area contributed by atoms with Crippen molar-refractivity contribution in [1.82, 2.24) is 15.2 Å². The van der Waals surface area contributed by atoms with Gasteiger partial charge in [0.25, 0.3) is 0 Å². The summed E-state index contributed by atoms with van der Waals surface area (Å²) in [6.45, 7) is 14.6. The molecule has 2 saturated heterocycles. The van der Waals surface area contributed by atoms with Gasteiger partial charge in [-0.3, -0.25) is 0 Å². The van der Waals surface area contributed by atoms with Crippen LogP contribution in [-0.2, 0) is 11.2 Å². The van der Waals surface area contributed by atoms with Crippen LogP contribution in [0.5, 0.6) is 0 Å². The number of piperidine rings is 1. The number of nitrogens with one attached hydrogen (secondary N) is 1. The molecule has 1 aromatic heterocycles. The van der Waals surface area contributed by atoms with Crippen LogP contribution in [0.1, 0.15) is 68.1 Å². The van der Waals surface area contributed by atoms with Crippen molar-refractivity contribution >= 4 is 11.3 Å². The Morgan fingerprint density at radius 2 is 2.12 bits per heavy atom. The molecule has 25 heavy (non-hydrogen) atoms. The van der Waals surface area contributed by atoms with E-state index in [1.54, 1.807) is 0 Å². The number of nitrogens with zero attached hydrogens (tertiary/aromatic N) is 2. The lowest BCUT2D eigenvalue weighted by atomic mass is 9.65. The van der Waals surface area contributed by atoms with E-state index >= 15 is 0 Å². The third-order valence-electron chi connectivity index (χ3n) is 6.63. The minimum Gasteiger partial charge on any atom is -0.381 e. The maximum absolute atomic E-state index is 5.92. The highest BCUT2D eigenvalue weighted by atomic mass is 32.1. The molecule has 1 aromatic rings. The van der Waals surface area contributed by atoms with Crippen LogP contribution < -0.4 is 5.32 Å². The summed E-state index contributed by atoms with van der Waals surface area (Å²) in [6.07, 6.45) is 3.63. The summed E-state index contributed by atoms with van der Waals surface area (Å²) in [7, 11) is 0. The number of hydrogen-bond donors (Lipinski definition) is 1. The van der Waals surface area contributed by atoms with Crippen LogP contribution in [0.2, 0.25) is 0 Å². The molecule has 0 saturated carbocycles. The number of hydrogen-bond acceptors (Lipinski definition) is 5. The Labute approximate surface area is 156 Å². The summed E-state index contributed by atoms with van der Waals surface area (Å²) < 4.78 is 5.92. The van der Waals surface area contributed by atoms with E-state index in [-0.39, 0.29) is 0 Å². The smallest absolute Gasteiger partial charge is 0.0957 e. The van der Waals surface area contributed by atoms with Gasteiger partial charge in [0.05, 0.1) is 23.4 Å². The van der Waals surface area contributed by atoms with E-state index in [4.69, 9.17) is 9.72 Å². The van der Waals surface area contributed by atoms with Gasteiger partial charge in [-0.15, -0.1) is 11.3 Å². The molecule has 0 aliphatic carbocycles. The predicted molar refractivity (Wildman–Crippen MR) is 103 cm³/mol. The Balaban J connectivity index is 1.68. The molecule has 0 bridgehead atoms. The molecular formula is C20H33N3OS. The summed E-state index contributed by atoms with van der Waals surface area (Å²) >= 11 is 1.95. The van der Waals surface area contributed by atoms with Crippen molar-refractivity contribution in [2.24, 2.45) is 11.3 Å². The molecule has 140 valence electrons. The van der Waals surface area contributed by atoms with Crippen LogP contribution in [0.25, 0.3) is 0 Å². The number of fused-ring (bicyclic) bond motifs is 1. The van der Waals surface area contributed by atoms with Crippen molar-refractivity contribution in [3.8, 4) is 0 Å². The maximum atomic E-state index is 5.92. The van der Waals surface area contributed by atoms with Gasteiger partial charge in [-0.1, -0.05) is 13.8 Å². The lowest BCUT2D eigenvalue weighted by Gasteiger charge is -2.50. The molecule has 5 heteroatoms. The van der Waals surface area contributed by atoms with Crippen molar-refractivity contribution in [3.05, 3.63) is 15.6 Å². The summed E-state index contributed by atoms with van der Waals surface area (Å²) in [5, 5.41) is 5.18. The van der Waals surface area contributed by atoms with Gasteiger partial charge in [-0.2, -0.15) is 0 Å². The molecule has 4 nitrogen and oxygen atoms in total. The third-order valence-corrected chi connectivity index (χ3v) is 8.06. The first-order chi connectivity index (χ1) is 12.0.